The van der Waals surface area contributed by atoms with Crippen LogP contribution in [-0.4, -0.2) is 6.61 Å². The maximum Gasteiger partial charge on any atom is 0.140 e. The van der Waals surface area contributed by atoms with Crippen LogP contribution in [0.25, 0.3) is 65.3 Å². The lowest BCUT2D eigenvalue weighted by molar-refractivity contribution is 0.305. The highest BCUT2D eigenvalue weighted by atomic mass is 16.5. The van der Waals surface area contributed by atoms with Crippen molar-refractivity contribution in [1.82, 2.24) is 0 Å². The summed E-state index contributed by atoms with van der Waals surface area (Å²) in [5.41, 5.74) is 7.05. The van der Waals surface area contributed by atoms with Gasteiger partial charge in [-0.2, -0.15) is 0 Å². The standard InChI is InChI=1S/C52H42O2/c1-5-7-9-11-13-15-29-53-45-25-27-47-49(35-45)51(43-23-21-39-31-37(3)17-19-41(39)33-43)48-28-26-46(54-30-16-14-12-10-8-6-2)36-50(48)52(47)44-24-22-40-32-38(4)18-20-42(40)34-44/h1,17-28,31-36H,6,8,10,12,14,16,30H2,2-4H3. The van der Waals surface area contributed by atoms with E-state index in [0.29, 0.717) is 12.4 Å². The first-order chi connectivity index (χ1) is 26.5. The predicted octanol–water partition coefficient (Wildman–Crippen LogP) is 13.0. The summed E-state index contributed by atoms with van der Waals surface area (Å²) < 4.78 is 12.4. The molecule has 0 heterocycles. The molecule has 0 fully saturated rings. The molecule has 2 nitrogen and oxygen atoms in total. The molecule has 7 rings (SSSR count). The molecule has 0 saturated heterocycles. The van der Waals surface area contributed by atoms with E-state index in [1.807, 2.05) is 6.07 Å². The third kappa shape index (κ3) is 8.06. The maximum absolute atomic E-state index is 6.46. The smallest absolute Gasteiger partial charge is 0.140 e. The number of terminal acetylenes is 1. The van der Waals surface area contributed by atoms with Crippen LogP contribution in [0.2, 0.25) is 0 Å². The zero-order valence-corrected chi connectivity index (χ0v) is 31.2. The van der Waals surface area contributed by atoms with Gasteiger partial charge in [-0.1, -0.05) is 117 Å². The highest BCUT2D eigenvalue weighted by molar-refractivity contribution is 6.22. The Morgan fingerprint density at radius 2 is 1.00 bits per heavy atom. The SMILES string of the molecule is C#CC#CC#CC#COc1ccc2c(-c3ccc4cc(C)ccc4c3)c3cc(OCCCCCCCC)ccc3c(-c3ccc4cc(C)ccc4c3)c2c1. The number of ether oxygens (including phenoxy) is 2. The summed E-state index contributed by atoms with van der Waals surface area (Å²) in [5.74, 6) is 16.8. The van der Waals surface area contributed by atoms with Crippen LogP contribution in [0.4, 0.5) is 0 Å². The summed E-state index contributed by atoms with van der Waals surface area (Å²) in [6.07, 6.45) is 15.2. The highest BCUT2D eigenvalue weighted by Gasteiger charge is 2.19. The molecule has 0 aliphatic heterocycles. The van der Waals surface area contributed by atoms with Gasteiger partial charge in [-0.15, -0.1) is 6.42 Å². The molecular weight excluding hydrogens is 657 g/mol. The van der Waals surface area contributed by atoms with Gasteiger partial charge in [-0.25, -0.2) is 0 Å². The molecule has 2 heteroatoms. The Morgan fingerprint density at radius 1 is 0.481 bits per heavy atom. The molecule has 0 amide bonds. The van der Waals surface area contributed by atoms with E-state index in [0.717, 1.165) is 56.0 Å². The van der Waals surface area contributed by atoms with Gasteiger partial charge < -0.3 is 9.47 Å². The Labute approximate surface area is 319 Å². The van der Waals surface area contributed by atoms with E-state index in [1.54, 1.807) is 0 Å². The van der Waals surface area contributed by atoms with Gasteiger partial charge in [-0.3, -0.25) is 0 Å². The van der Waals surface area contributed by atoms with Crippen molar-refractivity contribution < 1.29 is 9.47 Å². The van der Waals surface area contributed by atoms with E-state index in [1.165, 1.54) is 64.8 Å². The largest absolute Gasteiger partial charge is 0.494 e. The number of unbranched alkanes of at least 4 members (excludes halogenated alkanes) is 5. The molecule has 0 saturated carbocycles. The van der Waals surface area contributed by atoms with Gasteiger partial charge in [0.1, 0.15) is 17.6 Å². The van der Waals surface area contributed by atoms with Crippen LogP contribution in [0.1, 0.15) is 56.6 Å². The molecular formula is C52H42O2. The summed E-state index contributed by atoms with van der Waals surface area (Å²) in [6, 6.07) is 39.6. The molecule has 0 aliphatic carbocycles. The minimum atomic E-state index is 0.627. The summed E-state index contributed by atoms with van der Waals surface area (Å²) in [4.78, 5) is 0. The Morgan fingerprint density at radius 3 is 1.63 bits per heavy atom. The van der Waals surface area contributed by atoms with Crippen LogP contribution in [-0.2, 0) is 0 Å². The predicted molar refractivity (Wildman–Crippen MR) is 228 cm³/mol. The van der Waals surface area contributed by atoms with E-state index in [9.17, 15) is 0 Å². The zero-order valence-electron chi connectivity index (χ0n) is 31.2. The minimum Gasteiger partial charge on any atom is -0.494 e. The van der Waals surface area contributed by atoms with E-state index >= 15 is 0 Å². The first kappa shape index (κ1) is 35.8. The van der Waals surface area contributed by atoms with Gasteiger partial charge in [0, 0.05) is 17.8 Å². The summed E-state index contributed by atoms with van der Waals surface area (Å²) in [6.45, 7) is 7.23. The molecule has 0 bridgehead atoms. The fraction of sp³-hybridized carbons (Fsp3) is 0.192. The average Bonchev–Trinajstić information content (AvgIpc) is 3.19. The molecule has 0 N–H and O–H groups in total. The minimum absolute atomic E-state index is 0.627. The summed E-state index contributed by atoms with van der Waals surface area (Å²) in [5, 5.41) is 9.30. The summed E-state index contributed by atoms with van der Waals surface area (Å²) in [7, 11) is 0. The van der Waals surface area contributed by atoms with Crippen molar-refractivity contribution in [2.45, 2.75) is 59.3 Å². The quantitative estimate of drug-likeness (QED) is 0.0761. The van der Waals surface area contributed by atoms with Crippen molar-refractivity contribution in [1.29, 1.82) is 0 Å². The van der Waals surface area contributed by atoms with Gasteiger partial charge in [-0.05, 0) is 146 Å². The van der Waals surface area contributed by atoms with Gasteiger partial charge in [0.15, 0.2) is 0 Å². The molecule has 0 atom stereocenters. The molecule has 0 radical (unpaired) electrons. The number of hydrogen-bond acceptors (Lipinski definition) is 2. The number of hydrogen-bond donors (Lipinski definition) is 0. The van der Waals surface area contributed by atoms with Crippen LogP contribution in [0.3, 0.4) is 0 Å². The molecule has 7 aromatic carbocycles. The maximum atomic E-state index is 6.46. The van der Waals surface area contributed by atoms with E-state index in [4.69, 9.17) is 15.9 Å². The summed E-state index contributed by atoms with van der Waals surface area (Å²) >= 11 is 0. The van der Waals surface area contributed by atoms with Gasteiger partial charge in [0.2, 0.25) is 0 Å². The fourth-order valence-corrected chi connectivity index (χ4v) is 7.32. The van der Waals surface area contributed by atoms with Crippen molar-refractivity contribution in [3.8, 4) is 81.8 Å². The Hall–Kier alpha value is -6.58. The lowest BCUT2D eigenvalue weighted by atomic mass is 9.85. The number of fused-ring (bicyclic) bond motifs is 4. The van der Waals surface area contributed by atoms with Crippen LogP contribution < -0.4 is 9.47 Å². The molecule has 54 heavy (non-hydrogen) atoms. The van der Waals surface area contributed by atoms with E-state index in [2.05, 4.69) is 166 Å². The van der Waals surface area contributed by atoms with Crippen molar-refractivity contribution in [2.75, 3.05) is 6.61 Å². The van der Waals surface area contributed by atoms with E-state index in [-0.39, 0.29) is 0 Å². The van der Waals surface area contributed by atoms with Crippen LogP contribution in [0.15, 0.2) is 109 Å². The van der Waals surface area contributed by atoms with Crippen molar-refractivity contribution in [3.05, 3.63) is 120 Å². The van der Waals surface area contributed by atoms with Gasteiger partial charge >= 0.3 is 0 Å². The molecule has 0 aliphatic rings. The lowest BCUT2D eigenvalue weighted by Crippen LogP contribution is -1.98. The zero-order chi connectivity index (χ0) is 37.3. The van der Waals surface area contributed by atoms with Gasteiger partial charge in [0.05, 0.1) is 6.61 Å². The second-order valence-corrected chi connectivity index (χ2v) is 13.9. The Balaban J connectivity index is 1.43. The molecule has 0 unspecified atom stereocenters. The Bertz CT molecular complexity index is 2760. The van der Waals surface area contributed by atoms with Crippen LogP contribution in [0, 0.1) is 61.9 Å². The number of aryl methyl sites for hydroxylation is 2. The number of rotatable bonds is 11. The van der Waals surface area contributed by atoms with Crippen molar-refractivity contribution >= 4 is 43.1 Å². The van der Waals surface area contributed by atoms with Crippen molar-refractivity contribution in [3.63, 3.8) is 0 Å². The topological polar surface area (TPSA) is 18.5 Å². The molecule has 262 valence electrons. The average molecular weight is 699 g/mol. The third-order valence-corrected chi connectivity index (χ3v) is 9.94. The second-order valence-electron chi connectivity index (χ2n) is 13.9. The van der Waals surface area contributed by atoms with Crippen LogP contribution in [0.5, 0.6) is 11.5 Å². The monoisotopic (exact) mass is 698 g/mol. The molecule has 7 aromatic rings. The van der Waals surface area contributed by atoms with Crippen molar-refractivity contribution in [2.24, 2.45) is 0 Å². The van der Waals surface area contributed by atoms with Crippen LogP contribution >= 0.6 is 0 Å². The highest BCUT2D eigenvalue weighted by Crippen LogP contribution is 2.46. The van der Waals surface area contributed by atoms with E-state index < -0.39 is 0 Å². The lowest BCUT2D eigenvalue weighted by Gasteiger charge is -2.20. The molecule has 0 aromatic heterocycles. The third-order valence-electron chi connectivity index (χ3n) is 9.94. The first-order valence-corrected chi connectivity index (χ1v) is 18.8. The first-order valence-electron chi connectivity index (χ1n) is 18.8. The Kier molecular flexibility index (Phi) is 11.2. The molecule has 0 spiro atoms. The second kappa shape index (κ2) is 16.8. The fourth-order valence-electron chi connectivity index (χ4n) is 7.32. The normalized spacial score (nSPS) is 10.6. The number of benzene rings is 7. The van der Waals surface area contributed by atoms with Gasteiger partial charge in [0.25, 0.3) is 0 Å².